The zero-order valence-electron chi connectivity index (χ0n) is 9.21. The lowest BCUT2D eigenvalue weighted by Crippen LogP contribution is -2.09. The number of esters is 1. The van der Waals surface area contributed by atoms with Crippen molar-refractivity contribution in [1.29, 1.82) is 5.26 Å². The van der Waals surface area contributed by atoms with E-state index in [0.717, 1.165) is 10.0 Å². The van der Waals surface area contributed by atoms with Crippen LogP contribution in [0, 0.1) is 18.3 Å². The topological polar surface area (TPSA) is 50.1 Å². The van der Waals surface area contributed by atoms with E-state index < -0.39 is 0 Å². The normalized spacial score (nSPS) is 9.62. The Morgan fingerprint density at radius 2 is 2.25 bits per heavy atom. The highest BCUT2D eigenvalue weighted by molar-refractivity contribution is 9.10. The van der Waals surface area contributed by atoms with Crippen LogP contribution in [-0.2, 0) is 16.0 Å². The van der Waals surface area contributed by atoms with Crippen LogP contribution < -0.4 is 0 Å². The van der Waals surface area contributed by atoms with E-state index in [2.05, 4.69) is 22.0 Å². The third kappa shape index (κ3) is 2.83. The van der Waals surface area contributed by atoms with Crippen molar-refractivity contribution < 1.29 is 9.53 Å². The van der Waals surface area contributed by atoms with E-state index in [1.807, 2.05) is 19.1 Å². The molecule has 0 atom stereocenters. The number of carbonyl (C=O) groups excluding carboxylic acids is 1. The van der Waals surface area contributed by atoms with Crippen LogP contribution in [0.25, 0.3) is 0 Å². The van der Waals surface area contributed by atoms with Gasteiger partial charge in [-0.15, -0.1) is 0 Å². The zero-order chi connectivity index (χ0) is 12.1. The Kier molecular flexibility index (Phi) is 4.51. The lowest BCUT2D eigenvalue weighted by atomic mass is 10.0. The molecule has 0 aliphatic rings. The molecule has 0 fully saturated rings. The molecular weight excluding hydrogens is 270 g/mol. The van der Waals surface area contributed by atoms with Gasteiger partial charge in [-0.25, -0.2) is 0 Å². The fourth-order valence-corrected chi connectivity index (χ4v) is 1.89. The van der Waals surface area contributed by atoms with Crippen LogP contribution in [0.2, 0.25) is 0 Å². The molecule has 0 aliphatic carbocycles. The summed E-state index contributed by atoms with van der Waals surface area (Å²) < 4.78 is 5.64. The molecule has 0 aliphatic heterocycles. The molecule has 0 spiro atoms. The Balaban J connectivity index is 3.08. The van der Waals surface area contributed by atoms with Crippen LogP contribution in [0.1, 0.15) is 23.6 Å². The molecule has 0 saturated heterocycles. The molecule has 0 saturated carbocycles. The number of rotatable bonds is 3. The van der Waals surface area contributed by atoms with Crippen LogP contribution in [0.3, 0.4) is 0 Å². The lowest BCUT2D eigenvalue weighted by Gasteiger charge is -2.08. The SMILES string of the molecule is CCOC(=O)Cc1c(Br)ccc(C)c1C#N. The molecule has 0 aromatic heterocycles. The Bertz CT molecular complexity index is 449. The summed E-state index contributed by atoms with van der Waals surface area (Å²) in [5.74, 6) is -0.315. The number of aryl methyl sites for hydroxylation is 1. The fraction of sp³-hybridized carbons (Fsp3) is 0.333. The van der Waals surface area contributed by atoms with Crippen molar-refractivity contribution in [2.45, 2.75) is 20.3 Å². The van der Waals surface area contributed by atoms with Crippen molar-refractivity contribution in [1.82, 2.24) is 0 Å². The summed E-state index contributed by atoms with van der Waals surface area (Å²) in [6.45, 7) is 3.96. The van der Waals surface area contributed by atoms with Crippen molar-refractivity contribution >= 4 is 21.9 Å². The summed E-state index contributed by atoms with van der Waals surface area (Å²) in [6.07, 6.45) is 0.124. The van der Waals surface area contributed by atoms with Gasteiger partial charge in [0.15, 0.2) is 0 Å². The van der Waals surface area contributed by atoms with Crippen LogP contribution in [0.4, 0.5) is 0 Å². The van der Waals surface area contributed by atoms with Gasteiger partial charge in [-0.2, -0.15) is 5.26 Å². The quantitative estimate of drug-likeness (QED) is 0.801. The molecule has 0 bridgehead atoms. The minimum absolute atomic E-state index is 0.124. The van der Waals surface area contributed by atoms with Crippen molar-refractivity contribution in [2.24, 2.45) is 0 Å². The van der Waals surface area contributed by atoms with Crippen molar-refractivity contribution in [3.05, 3.63) is 33.3 Å². The predicted molar refractivity (Wildman–Crippen MR) is 63.9 cm³/mol. The maximum atomic E-state index is 11.4. The average molecular weight is 282 g/mol. The molecule has 1 aromatic carbocycles. The van der Waals surface area contributed by atoms with Gasteiger partial charge in [-0.3, -0.25) is 4.79 Å². The molecule has 0 amide bonds. The fourth-order valence-electron chi connectivity index (χ4n) is 1.42. The minimum Gasteiger partial charge on any atom is -0.466 e. The predicted octanol–water partition coefficient (Wildman–Crippen LogP) is 2.73. The molecule has 0 N–H and O–H groups in total. The Morgan fingerprint density at radius 3 is 2.81 bits per heavy atom. The maximum Gasteiger partial charge on any atom is 0.310 e. The van der Waals surface area contributed by atoms with Gasteiger partial charge in [0.1, 0.15) is 0 Å². The summed E-state index contributed by atoms with van der Waals surface area (Å²) in [5, 5.41) is 9.04. The van der Waals surface area contributed by atoms with Gasteiger partial charge in [0.05, 0.1) is 24.7 Å². The van der Waals surface area contributed by atoms with Gasteiger partial charge in [-0.05, 0) is 31.0 Å². The molecule has 0 unspecified atom stereocenters. The van der Waals surface area contributed by atoms with Gasteiger partial charge in [0, 0.05) is 4.47 Å². The van der Waals surface area contributed by atoms with Gasteiger partial charge >= 0.3 is 5.97 Å². The number of carbonyl (C=O) groups is 1. The van der Waals surface area contributed by atoms with Gasteiger partial charge in [0.25, 0.3) is 0 Å². The maximum absolute atomic E-state index is 11.4. The van der Waals surface area contributed by atoms with E-state index >= 15 is 0 Å². The van der Waals surface area contributed by atoms with E-state index in [1.54, 1.807) is 6.92 Å². The van der Waals surface area contributed by atoms with E-state index in [9.17, 15) is 4.79 Å². The first-order chi connectivity index (χ1) is 7.60. The van der Waals surface area contributed by atoms with Crippen molar-refractivity contribution in [3.8, 4) is 6.07 Å². The second-order valence-corrected chi connectivity index (χ2v) is 4.17. The number of nitrogens with zero attached hydrogens (tertiary/aromatic N) is 1. The number of nitriles is 1. The number of halogens is 1. The van der Waals surface area contributed by atoms with Crippen LogP contribution in [-0.4, -0.2) is 12.6 Å². The van der Waals surface area contributed by atoms with E-state index in [4.69, 9.17) is 10.00 Å². The van der Waals surface area contributed by atoms with Crippen LogP contribution in [0.15, 0.2) is 16.6 Å². The Morgan fingerprint density at radius 1 is 1.56 bits per heavy atom. The highest BCUT2D eigenvalue weighted by atomic mass is 79.9. The van der Waals surface area contributed by atoms with Gasteiger partial charge in [0.2, 0.25) is 0 Å². The highest BCUT2D eigenvalue weighted by Crippen LogP contribution is 2.24. The van der Waals surface area contributed by atoms with Crippen molar-refractivity contribution in [2.75, 3.05) is 6.61 Å². The minimum atomic E-state index is -0.315. The molecule has 3 nitrogen and oxygen atoms in total. The summed E-state index contributed by atoms with van der Waals surface area (Å²) in [4.78, 5) is 11.4. The molecule has 84 valence electrons. The number of hydrogen-bond donors (Lipinski definition) is 0. The Labute approximate surface area is 103 Å². The first kappa shape index (κ1) is 12.7. The van der Waals surface area contributed by atoms with E-state index in [1.165, 1.54) is 0 Å². The number of benzene rings is 1. The largest absolute Gasteiger partial charge is 0.466 e. The first-order valence-electron chi connectivity index (χ1n) is 4.93. The van der Waals surface area contributed by atoms with Crippen LogP contribution >= 0.6 is 15.9 Å². The molecular formula is C12H12BrNO2. The molecule has 1 aromatic rings. The Hall–Kier alpha value is -1.34. The molecule has 0 radical (unpaired) electrons. The van der Waals surface area contributed by atoms with E-state index in [-0.39, 0.29) is 12.4 Å². The van der Waals surface area contributed by atoms with Gasteiger partial charge < -0.3 is 4.74 Å². The molecule has 16 heavy (non-hydrogen) atoms. The monoisotopic (exact) mass is 281 g/mol. The molecule has 1 rings (SSSR count). The number of hydrogen-bond acceptors (Lipinski definition) is 3. The third-order valence-corrected chi connectivity index (χ3v) is 2.95. The second-order valence-electron chi connectivity index (χ2n) is 3.31. The molecule has 0 heterocycles. The van der Waals surface area contributed by atoms with Crippen molar-refractivity contribution in [3.63, 3.8) is 0 Å². The average Bonchev–Trinajstić information content (AvgIpc) is 2.24. The highest BCUT2D eigenvalue weighted by Gasteiger charge is 2.14. The second kappa shape index (κ2) is 5.66. The van der Waals surface area contributed by atoms with Gasteiger partial charge in [-0.1, -0.05) is 22.0 Å². The summed E-state index contributed by atoms with van der Waals surface area (Å²) in [6, 6.07) is 5.80. The number of ether oxygens (including phenoxy) is 1. The summed E-state index contributed by atoms with van der Waals surface area (Å²) >= 11 is 3.34. The standard InChI is InChI=1S/C12H12BrNO2/c1-3-16-12(15)6-9-10(7-14)8(2)4-5-11(9)13/h4-5H,3,6H2,1-2H3. The third-order valence-electron chi connectivity index (χ3n) is 2.20. The summed E-state index contributed by atoms with van der Waals surface area (Å²) in [5.41, 5.74) is 2.10. The lowest BCUT2D eigenvalue weighted by molar-refractivity contribution is -0.142. The summed E-state index contributed by atoms with van der Waals surface area (Å²) in [7, 11) is 0. The molecule has 4 heteroatoms. The van der Waals surface area contributed by atoms with E-state index in [0.29, 0.717) is 17.7 Å². The first-order valence-corrected chi connectivity index (χ1v) is 5.73. The van der Waals surface area contributed by atoms with Crippen LogP contribution in [0.5, 0.6) is 0 Å². The smallest absolute Gasteiger partial charge is 0.310 e. The zero-order valence-corrected chi connectivity index (χ0v) is 10.8.